The Kier molecular flexibility index (Phi) is 9.30. The number of alkyl halides is 6. The minimum Gasteiger partial charge on any atom is -0.349 e. The number of benzene rings is 2. The Morgan fingerprint density at radius 2 is 1.59 bits per heavy atom. The van der Waals surface area contributed by atoms with E-state index in [0.717, 1.165) is 26.2 Å². The van der Waals surface area contributed by atoms with Crippen molar-refractivity contribution in [1.29, 1.82) is 0 Å². The molecule has 0 aliphatic carbocycles. The Balaban J connectivity index is 1.62. The van der Waals surface area contributed by atoms with Crippen molar-refractivity contribution in [3.63, 3.8) is 0 Å². The van der Waals surface area contributed by atoms with E-state index in [0.29, 0.717) is 23.2 Å². The van der Waals surface area contributed by atoms with Crippen molar-refractivity contribution in [3.8, 4) is 0 Å². The van der Waals surface area contributed by atoms with Gasteiger partial charge in [-0.2, -0.15) is 26.3 Å². The predicted molar refractivity (Wildman–Crippen MR) is 137 cm³/mol. The zero-order chi connectivity index (χ0) is 30.6. The molecule has 2 amide bonds. The van der Waals surface area contributed by atoms with Crippen LogP contribution >= 0.6 is 0 Å². The highest BCUT2D eigenvalue weighted by atomic mass is 32.2. The summed E-state index contributed by atoms with van der Waals surface area (Å²) in [5.74, 6) is -2.47. The fraction of sp³-hybridized carbons (Fsp3) is 0.320. The Hall–Kier alpha value is -3.76. The predicted octanol–water partition coefficient (Wildman–Crippen LogP) is 3.43. The second-order valence-corrected chi connectivity index (χ2v) is 11.2. The molecule has 2 aromatic carbocycles. The highest BCUT2D eigenvalue weighted by Gasteiger charge is 2.50. The van der Waals surface area contributed by atoms with Crippen molar-refractivity contribution in [2.45, 2.75) is 23.8 Å². The van der Waals surface area contributed by atoms with Crippen LogP contribution in [0.25, 0.3) is 10.9 Å². The lowest BCUT2D eigenvalue weighted by atomic mass is 10.2. The maximum absolute atomic E-state index is 12.8. The number of carbonyl (C=O) groups is 2. The number of hydrogen-bond donors (Lipinski definition) is 3. The first-order chi connectivity index (χ1) is 18.9. The molecule has 0 bridgehead atoms. The number of halogens is 6. The van der Waals surface area contributed by atoms with Crippen LogP contribution in [-0.2, 0) is 32.3 Å². The number of likely N-dealkylation sites (N-methyl/N-ethyl adjacent to an activating group) is 1. The summed E-state index contributed by atoms with van der Waals surface area (Å²) < 4.78 is 103. The normalized spacial score (nSPS) is 12.8. The Morgan fingerprint density at radius 1 is 0.927 bits per heavy atom. The summed E-state index contributed by atoms with van der Waals surface area (Å²) in [6, 6.07) is 11.0. The van der Waals surface area contributed by atoms with Crippen LogP contribution in [0.1, 0.15) is 11.3 Å². The highest BCUT2D eigenvalue weighted by Crippen LogP contribution is 2.30. The van der Waals surface area contributed by atoms with Gasteiger partial charge in [-0.3, -0.25) is 14.0 Å². The molecule has 222 valence electrons. The van der Waals surface area contributed by atoms with E-state index < -0.39 is 44.2 Å². The minimum atomic E-state index is -5.00. The van der Waals surface area contributed by atoms with E-state index in [1.807, 2.05) is 0 Å². The lowest BCUT2D eigenvalue weighted by Crippen LogP contribution is -2.55. The van der Waals surface area contributed by atoms with E-state index in [9.17, 15) is 44.3 Å². The molecule has 1 aromatic heterocycles. The molecule has 0 fully saturated rings. The Labute approximate surface area is 231 Å². The number of sulfonamides is 1. The summed E-state index contributed by atoms with van der Waals surface area (Å²) in [5, 5.41) is 5.80. The Bertz CT molecular complexity index is 1520. The fourth-order valence-electron chi connectivity index (χ4n) is 3.68. The molecule has 41 heavy (non-hydrogen) atoms. The van der Waals surface area contributed by atoms with E-state index in [1.54, 1.807) is 24.3 Å². The summed E-state index contributed by atoms with van der Waals surface area (Å²) in [7, 11) is -2.08. The lowest BCUT2D eigenvalue weighted by molar-refractivity contribution is -0.818. The molecular weight excluding hydrogens is 580 g/mol. The zero-order valence-corrected chi connectivity index (χ0v) is 22.5. The zero-order valence-electron chi connectivity index (χ0n) is 21.7. The summed E-state index contributed by atoms with van der Waals surface area (Å²) >= 11 is 0. The number of nitrogens with zero attached hydrogens (tertiary/aromatic N) is 2. The topological polar surface area (TPSA) is 117 Å². The van der Waals surface area contributed by atoms with Crippen LogP contribution in [0.2, 0.25) is 0 Å². The second-order valence-electron chi connectivity index (χ2n) is 9.47. The van der Waals surface area contributed by atoms with Crippen molar-refractivity contribution in [2.24, 2.45) is 0 Å². The van der Waals surface area contributed by atoms with Crippen molar-refractivity contribution in [1.82, 2.24) is 15.6 Å². The van der Waals surface area contributed by atoms with Crippen LogP contribution in [0, 0.1) is 0 Å². The number of carbonyl (C=O) groups excluding carboxylic acids is 2. The number of amides is 2. The van der Waals surface area contributed by atoms with Crippen molar-refractivity contribution in [2.75, 3.05) is 38.5 Å². The SMILES string of the molecule is C[N+](C)(CCNC(=O)CNCc1ccc2cccc(NS(=O)(=O)c3ccc(C(F)(F)F)cc3)c2n1)C(=O)C(F)(F)F. The first-order valence-corrected chi connectivity index (χ1v) is 13.4. The van der Waals surface area contributed by atoms with Crippen molar-refractivity contribution >= 4 is 38.4 Å². The van der Waals surface area contributed by atoms with Gasteiger partial charge in [0.05, 0.1) is 54.5 Å². The van der Waals surface area contributed by atoms with Gasteiger partial charge in [-0.1, -0.05) is 18.2 Å². The number of pyridine rings is 1. The number of anilines is 1. The van der Waals surface area contributed by atoms with Crippen LogP contribution in [0.4, 0.5) is 32.0 Å². The highest BCUT2D eigenvalue weighted by molar-refractivity contribution is 7.92. The summed E-state index contributed by atoms with van der Waals surface area (Å²) in [5.41, 5.74) is -0.245. The maximum atomic E-state index is 12.8. The molecule has 0 aliphatic rings. The number of hydrogen-bond acceptors (Lipinski definition) is 6. The van der Waals surface area contributed by atoms with E-state index in [4.69, 9.17) is 0 Å². The van der Waals surface area contributed by atoms with Gasteiger partial charge in [-0.15, -0.1) is 0 Å². The van der Waals surface area contributed by atoms with E-state index in [1.165, 1.54) is 6.07 Å². The lowest BCUT2D eigenvalue weighted by Gasteiger charge is -2.27. The largest absolute Gasteiger partial charge is 0.509 e. The third kappa shape index (κ3) is 8.37. The van der Waals surface area contributed by atoms with Crippen molar-refractivity contribution in [3.05, 3.63) is 65.9 Å². The minimum absolute atomic E-state index is 0.0669. The summed E-state index contributed by atoms with van der Waals surface area (Å²) in [6.45, 7) is -0.604. The number of para-hydroxylation sites is 1. The van der Waals surface area contributed by atoms with Gasteiger partial charge < -0.3 is 10.6 Å². The molecule has 3 N–H and O–H groups in total. The van der Waals surface area contributed by atoms with E-state index in [2.05, 4.69) is 20.3 Å². The average molecular weight is 607 g/mol. The van der Waals surface area contributed by atoms with Crippen LogP contribution < -0.4 is 15.4 Å². The molecule has 0 atom stereocenters. The molecule has 0 saturated carbocycles. The van der Waals surface area contributed by atoms with Gasteiger partial charge in [0.2, 0.25) is 5.91 Å². The summed E-state index contributed by atoms with van der Waals surface area (Å²) in [6.07, 6.45) is -9.61. The first-order valence-electron chi connectivity index (χ1n) is 11.9. The van der Waals surface area contributed by atoms with Crippen molar-refractivity contribution < 1.29 is 48.8 Å². The van der Waals surface area contributed by atoms with E-state index >= 15 is 0 Å². The number of quaternary nitrogens is 1. The first kappa shape index (κ1) is 31.8. The molecule has 3 aromatic rings. The Morgan fingerprint density at radius 3 is 2.20 bits per heavy atom. The number of rotatable bonds is 10. The third-order valence-electron chi connectivity index (χ3n) is 5.89. The van der Waals surface area contributed by atoms with Gasteiger partial charge in [0.1, 0.15) is 6.54 Å². The van der Waals surface area contributed by atoms with Crippen LogP contribution in [-0.4, -0.2) is 69.6 Å². The standard InChI is InChI=1S/C25H25F6N5O4S/c1-36(2,23(38)25(29,30)31)13-12-33-21(37)15-32-14-18-9-6-16-4-3-5-20(22(16)34-18)35-41(39,40)19-10-7-17(8-11-19)24(26,27)28/h3-11,32,35H,12-15H2,1-2H3/p+1. The molecule has 16 heteroatoms. The third-order valence-corrected chi connectivity index (χ3v) is 7.27. The van der Waals surface area contributed by atoms with Gasteiger partial charge in [0.15, 0.2) is 0 Å². The molecule has 1 heterocycles. The van der Waals surface area contributed by atoms with Gasteiger partial charge in [-0.25, -0.2) is 18.2 Å². The number of aromatic nitrogens is 1. The molecule has 0 radical (unpaired) electrons. The number of nitrogens with one attached hydrogen (secondary N) is 3. The fourth-order valence-corrected chi connectivity index (χ4v) is 4.75. The monoisotopic (exact) mass is 606 g/mol. The van der Waals surface area contributed by atoms with Gasteiger partial charge in [0, 0.05) is 11.9 Å². The van der Waals surface area contributed by atoms with Crippen LogP contribution in [0.15, 0.2) is 59.5 Å². The van der Waals surface area contributed by atoms with Crippen LogP contribution in [0.5, 0.6) is 0 Å². The number of fused-ring (bicyclic) bond motifs is 1. The molecule has 0 saturated heterocycles. The maximum Gasteiger partial charge on any atom is 0.509 e. The summed E-state index contributed by atoms with van der Waals surface area (Å²) in [4.78, 5) is 27.6. The molecular formula is C25H26F6N5O4S+. The quantitative estimate of drug-likeness (QED) is 0.241. The average Bonchev–Trinajstić information content (AvgIpc) is 2.87. The molecule has 0 unspecified atom stereocenters. The van der Waals surface area contributed by atoms with E-state index in [-0.39, 0.29) is 42.3 Å². The molecule has 0 aliphatic heterocycles. The molecule has 3 rings (SSSR count). The second kappa shape index (κ2) is 12.0. The van der Waals surface area contributed by atoms with Gasteiger partial charge >= 0.3 is 18.3 Å². The van der Waals surface area contributed by atoms with Gasteiger partial charge in [0.25, 0.3) is 10.0 Å². The van der Waals surface area contributed by atoms with Crippen LogP contribution in [0.3, 0.4) is 0 Å². The molecule has 9 nitrogen and oxygen atoms in total. The smallest absolute Gasteiger partial charge is 0.349 e. The van der Waals surface area contributed by atoms with Gasteiger partial charge in [-0.05, 0) is 36.4 Å². The molecule has 0 spiro atoms.